The molecular weight excluding hydrogens is 340 g/mol. The summed E-state index contributed by atoms with van der Waals surface area (Å²) in [7, 11) is 0. The average Bonchev–Trinajstić information content (AvgIpc) is 2.97. The van der Waals surface area contributed by atoms with Gasteiger partial charge in [0.1, 0.15) is 0 Å². The zero-order chi connectivity index (χ0) is 18.8. The third-order valence-corrected chi connectivity index (χ3v) is 4.46. The molecular formula is C22H16N2O3. The smallest absolute Gasteiger partial charge is 0.258 e. The van der Waals surface area contributed by atoms with E-state index in [2.05, 4.69) is 22.8 Å². The Kier molecular flexibility index (Phi) is 4.26. The van der Waals surface area contributed by atoms with Gasteiger partial charge in [-0.2, -0.15) is 0 Å². The molecule has 0 fully saturated rings. The number of anilines is 1. The van der Waals surface area contributed by atoms with Crippen LogP contribution in [0, 0.1) is 0 Å². The van der Waals surface area contributed by atoms with Gasteiger partial charge in [0, 0.05) is 11.3 Å². The van der Waals surface area contributed by atoms with Crippen LogP contribution in [0.15, 0.2) is 72.8 Å². The summed E-state index contributed by atoms with van der Waals surface area (Å²) >= 11 is 0. The van der Waals surface area contributed by atoms with Crippen LogP contribution in [-0.4, -0.2) is 17.7 Å². The minimum absolute atomic E-state index is 0.228. The van der Waals surface area contributed by atoms with Crippen LogP contribution >= 0.6 is 0 Å². The lowest BCUT2D eigenvalue weighted by Crippen LogP contribution is -2.19. The summed E-state index contributed by atoms with van der Waals surface area (Å²) in [6, 6.07) is 22.3. The largest absolute Gasteiger partial charge is 0.322 e. The fraction of sp³-hybridized carbons (Fsp3) is 0.0455. The van der Waals surface area contributed by atoms with E-state index in [-0.39, 0.29) is 11.5 Å². The summed E-state index contributed by atoms with van der Waals surface area (Å²) in [5, 5.41) is 5.03. The number of imide groups is 1. The van der Waals surface area contributed by atoms with E-state index in [1.54, 1.807) is 0 Å². The van der Waals surface area contributed by atoms with E-state index >= 15 is 0 Å². The van der Waals surface area contributed by atoms with Crippen molar-refractivity contribution in [3.8, 4) is 0 Å². The van der Waals surface area contributed by atoms with Crippen LogP contribution in [-0.2, 0) is 6.42 Å². The van der Waals surface area contributed by atoms with E-state index < -0.39 is 11.8 Å². The van der Waals surface area contributed by atoms with Gasteiger partial charge in [0.25, 0.3) is 17.7 Å². The standard InChI is InChI=1S/C22H16N2O3/c25-20(16-8-11-18-19(13-16)22(27)24-21(18)26)23-17-9-6-15(7-10-17)12-14-4-2-1-3-5-14/h1-11,13H,12H2,(H,23,25)(H,24,26,27). The summed E-state index contributed by atoms with van der Waals surface area (Å²) < 4.78 is 0. The molecule has 3 amide bonds. The number of hydrogen-bond donors (Lipinski definition) is 2. The van der Waals surface area contributed by atoms with E-state index in [0.29, 0.717) is 16.8 Å². The first kappa shape index (κ1) is 16.7. The van der Waals surface area contributed by atoms with Crippen molar-refractivity contribution in [1.82, 2.24) is 5.32 Å². The second-order valence-electron chi connectivity index (χ2n) is 6.36. The molecule has 0 aromatic heterocycles. The lowest BCUT2D eigenvalue weighted by Gasteiger charge is -2.08. The SMILES string of the molecule is O=C(Nc1ccc(Cc2ccccc2)cc1)c1ccc2c(c1)C(=O)NC2=O. The van der Waals surface area contributed by atoms with Crippen LogP contribution < -0.4 is 10.6 Å². The predicted molar refractivity (Wildman–Crippen MR) is 102 cm³/mol. The second-order valence-corrected chi connectivity index (χ2v) is 6.36. The first-order chi connectivity index (χ1) is 13.1. The van der Waals surface area contributed by atoms with E-state index in [1.165, 1.54) is 23.8 Å². The molecule has 132 valence electrons. The molecule has 1 aliphatic rings. The Morgan fingerprint density at radius 3 is 2.19 bits per heavy atom. The normalized spacial score (nSPS) is 12.4. The summed E-state index contributed by atoms with van der Waals surface area (Å²) in [6.07, 6.45) is 0.822. The van der Waals surface area contributed by atoms with Crippen molar-refractivity contribution in [3.63, 3.8) is 0 Å². The molecule has 0 bridgehead atoms. The van der Waals surface area contributed by atoms with Gasteiger partial charge in [-0.25, -0.2) is 0 Å². The van der Waals surface area contributed by atoms with Gasteiger partial charge in [-0.1, -0.05) is 42.5 Å². The molecule has 0 spiro atoms. The summed E-state index contributed by atoms with van der Waals surface area (Å²) in [5.74, 6) is -1.24. The molecule has 0 saturated heterocycles. The first-order valence-electron chi connectivity index (χ1n) is 8.54. The molecule has 3 aromatic rings. The predicted octanol–water partition coefficient (Wildman–Crippen LogP) is 3.41. The molecule has 0 unspecified atom stereocenters. The molecule has 1 aliphatic heterocycles. The highest BCUT2D eigenvalue weighted by atomic mass is 16.2. The number of carbonyl (C=O) groups excluding carboxylic acids is 3. The number of benzene rings is 3. The Morgan fingerprint density at radius 2 is 1.44 bits per heavy atom. The minimum atomic E-state index is -0.477. The second kappa shape index (κ2) is 6.88. The van der Waals surface area contributed by atoms with E-state index in [9.17, 15) is 14.4 Å². The topological polar surface area (TPSA) is 75.3 Å². The van der Waals surface area contributed by atoms with Crippen molar-refractivity contribution in [2.45, 2.75) is 6.42 Å². The van der Waals surface area contributed by atoms with Crippen molar-refractivity contribution < 1.29 is 14.4 Å². The van der Waals surface area contributed by atoms with Crippen molar-refractivity contribution in [3.05, 3.63) is 101 Å². The maximum Gasteiger partial charge on any atom is 0.258 e. The fourth-order valence-electron chi connectivity index (χ4n) is 3.05. The van der Waals surface area contributed by atoms with Crippen LogP contribution in [0.2, 0.25) is 0 Å². The van der Waals surface area contributed by atoms with Gasteiger partial charge >= 0.3 is 0 Å². The van der Waals surface area contributed by atoms with Crippen LogP contribution in [0.25, 0.3) is 0 Å². The van der Waals surface area contributed by atoms with E-state index in [4.69, 9.17) is 0 Å². The third-order valence-electron chi connectivity index (χ3n) is 4.46. The van der Waals surface area contributed by atoms with E-state index in [1.807, 2.05) is 42.5 Å². The zero-order valence-electron chi connectivity index (χ0n) is 14.4. The maximum absolute atomic E-state index is 12.5. The number of rotatable bonds is 4. The summed E-state index contributed by atoms with van der Waals surface area (Å²) in [5.41, 5.74) is 3.88. The molecule has 0 atom stereocenters. The van der Waals surface area contributed by atoms with Gasteiger partial charge in [-0.15, -0.1) is 0 Å². The van der Waals surface area contributed by atoms with Gasteiger partial charge in [0.05, 0.1) is 11.1 Å². The van der Waals surface area contributed by atoms with Gasteiger partial charge in [-0.05, 0) is 47.9 Å². The zero-order valence-corrected chi connectivity index (χ0v) is 14.4. The van der Waals surface area contributed by atoms with Gasteiger partial charge in [0.2, 0.25) is 0 Å². The Bertz CT molecular complexity index is 1040. The number of hydrogen-bond acceptors (Lipinski definition) is 3. The lowest BCUT2D eigenvalue weighted by atomic mass is 10.0. The maximum atomic E-state index is 12.5. The number of carbonyl (C=O) groups is 3. The van der Waals surface area contributed by atoms with Crippen molar-refractivity contribution in [2.75, 3.05) is 5.32 Å². The Labute approximate surface area is 156 Å². The van der Waals surface area contributed by atoms with Crippen LogP contribution in [0.1, 0.15) is 42.2 Å². The quantitative estimate of drug-likeness (QED) is 0.704. The molecule has 3 aromatic carbocycles. The first-order valence-corrected chi connectivity index (χ1v) is 8.54. The highest BCUT2D eigenvalue weighted by Gasteiger charge is 2.27. The molecule has 5 heteroatoms. The molecule has 0 radical (unpaired) electrons. The van der Waals surface area contributed by atoms with Crippen LogP contribution in [0.3, 0.4) is 0 Å². The molecule has 4 rings (SSSR count). The lowest BCUT2D eigenvalue weighted by molar-refractivity contribution is 0.0879. The van der Waals surface area contributed by atoms with Crippen molar-refractivity contribution in [1.29, 1.82) is 0 Å². The monoisotopic (exact) mass is 356 g/mol. The highest BCUT2D eigenvalue weighted by Crippen LogP contribution is 2.19. The Morgan fingerprint density at radius 1 is 0.778 bits per heavy atom. The minimum Gasteiger partial charge on any atom is -0.322 e. The fourth-order valence-corrected chi connectivity index (χ4v) is 3.05. The number of amides is 3. The van der Waals surface area contributed by atoms with Crippen molar-refractivity contribution in [2.24, 2.45) is 0 Å². The highest BCUT2D eigenvalue weighted by molar-refractivity contribution is 6.22. The number of fused-ring (bicyclic) bond motifs is 1. The summed E-state index contributed by atoms with van der Waals surface area (Å²) in [4.78, 5) is 35.8. The Hall–Kier alpha value is -3.73. The van der Waals surface area contributed by atoms with Gasteiger partial charge in [-0.3, -0.25) is 19.7 Å². The molecule has 27 heavy (non-hydrogen) atoms. The molecule has 2 N–H and O–H groups in total. The molecule has 0 aliphatic carbocycles. The van der Waals surface area contributed by atoms with Crippen LogP contribution in [0.5, 0.6) is 0 Å². The average molecular weight is 356 g/mol. The van der Waals surface area contributed by atoms with Crippen molar-refractivity contribution >= 4 is 23.4 Å². The van der Waals surface area contributed by atoms with E-state index in [0.717, 1.165) is 12.0 Å². The Balaban J connectivity index is 1.46. The van der Waals surface area contributed by atoms with Crippen LogP contribution in [0.4, 0.5) is 5.69 Å². The third kappa shape index (κ3) is 3.48. The van der Waals surface area contributed by atoms with Gasteiger partial charge in [0.15, 0.2) is 0 Å². The molecule has 5 nitrogen and oxygen atoms in total. The molecule has 0 saturated carbocycles. The molecule has 1 heterocycles. The summed E-state index contributed by atoms with van der Waals surface area (Å²) in [6.45, 7) is 0. The number of nitrogens with one attached hydrogen (secondary N) is 2. The van der Waals surface area contributed by atoms with Gasteiger partial charge < -0.3 is 5.32 Å².